The van der Waals surface area contributed by atoms with E-state index in [9.17, 15) is 24.0 Å². The van der Waals surface area contributed by atoms with Gasteiger partial charge in [0.1, 0.15) is 18.1 Å². The van der Waals surface area contributed by atoms with Gasteiger partial charge in [-0.05, 0) is 12.8 Å². The molecule has 0 aliphatic carbocycles. The minimum atomic E-state index is -1.00. The highest BCUT2D eigenvalue weighted by Gasteiger charge is 2.14. The number of rotatable bonds is 7. The summed E-state index contributed by atoms with van der Waals surface area (Å²) in [4.78, 5) is 47.8. The van der Waals surface area contributed by atoms with Gasteiger partial charge in [0.05, 0.1) is 13.1 Å². The Hall–Kier alpha value is -2.50. The molecule has 15 nitrogen and oxygen atoms in total. The van der Waals surface area contributed by atoms with E-state index in [-0.39, 0.29) is 24.8 Å². The third kappa shape index (κ3) is 47.0. The molecule has 0 spiro atoms. The predicted molar refractivity (Wildman–Crippen MR) is 115 cm³/mol. The van der Waals surface area contributed by atoms with Crippen LogP contribution >= 0.6 is 12.6 Å². The van der Waals surface area contributed by atoms with Crippen molar-refractivity contribution in [2.45, 2.75) is 38.9 Å². The van der Waals surface area contributed by atoms with E-state index in [0.717, 1.165) is 0 Å². The van der Waals surface area contributed by atoms with Crippen molar-refractivity contribution in [1.29, 1.82) is 0 Å². The Bertz CT molecular complexity index is 506. The molecule has 16 heteroatoms. The van der Waals surface area contributed by atoms with Crippen LogP contribution in [0.3, 0.4) is 0 Å². The van der Waals surface area contributed by atoms with Gasteiger partial charge < -0.3 is 54.2 Å². The lowest BCUT2D eigenvalue weighted by Crippen LogP contribution is -2.34. The Morgan fingerprint density at radius 1 is 0.710 bits per heavy atom. The first kappa shape index (κ1) is 39.0. The van der Waals surface area contributed by atoms with Gasteiger partial charge in [-0.3, -0.25) is 24.0 Å². The quantitative estimate of drug-likeness (QED) is 0.161. The molecule has 0 amide bonds. The first-order chi connectivity index (χ1) is 13.9. The van der Waals surface area contributed by atoms with Crippen LogP contribution in [0.4, 0.5) is 0 Å². The van der Waals surface area contributed by atoms with Crippen LogP contribution in [0.1, 0.15) is 20.8 Å². The fourth-order valence-electron chi connectivity index (χ4n) is 0.363. The summed E-state index contributed by atoms with van der Waals surface area (Å²) in [7, 11) is 0. The van der Waals surface area contributed by atoms with E-state index in [1.165, 1.54) is 6.92 Å². The topological polar surface area (TPSA) is 317 Å². The second-order valence-electron chi connectivity index (χ2n) is 5.56. The zero-order valence-electron chi connectivity index (χ0n) is 17.5. The molecule has 0 heterocycles. The Morgan fingerprint density at radius 3 is 0.968 bits per heavy atom. The molecule has 0 rings (SSSR count). The maximum Gasteiger partial charge on any atom is 0.321 e. The predicted octanol–water partition coefficient (Wildman–Crippen LogP) is -3.14. The summed E-state index contributed by atoms with van der Waals surface area (Å²) in [6.07, 6.45) is 0. The maximum absolute atomic E-state index is 10.0. The van der Waals surface area contributed by atoms with Crippen LogP contribution in [0.15, 0.2) is 0 Å². The molecular formula is C15H35N5O10S. The number of thiol groups is 1. The molecular weight excluding hydrogens is 442 g/mol. The number of nitrogens with two attached hydrogens (primary N) is 5. The van der Waals surface area contributed by atoms with Crippen molar-refractivity contribution in [2.24, 2.45) is 34.6 Å². The van der Waals surface area contributed by atoms with E-state index in [1.807, 2.05) is 0 Å². The number of carboxylic acids is 5. The standard InChI is InChI=1S/C5H11NO2.C3H7NO2S.C3H7NO2.2C2H5NO2/c1-3(2)4(6)5(7)8;4-2(1-7)3(5)6;1-2(4)3(5)6;2*3-1-2(4)5/h3-4H,6H2,1-2H3,(H,7,8);2,7H,1,4H2,(H,5,6);2H,4H2,1H3,(H,5,6);2*1,3H2,(H,4,5)/t4-;2*2-;;/m000../s1. The highest BCUT2D eigenvalue weighted by Crippen LogP contribution is 1.96. The highest BCUT2D eigenvalue weighted by molar-refractivity contribution is 7.80. The zero-order chi connectivity index (χ0) is 26.3. The van der Waals surface area contributed by atoms with Crippen LogP contribution in [0, 0.1) is 5.92 Å². The summed E-state index contributed by atoms with van der Waals surface area (Å²) in [5.74, 6) is -4.62. The third-order valence-electron chi connectivity index (χ3n) is 2.26. The molecule has 31 heavy (non-hydrogen) atoms. The number of hydrogen-bond acceptors (Lipinski definition) is 11. The van der Waals surface area contributed by atoms with Gasteiger partial charge >= 0.3 is 29.8 Å². The fraction of sp³-hybridized carbons (Fsp3) is 0.667. The normalized spacial score (nSPS) is 11.7. The first-order valence-corrected chi connectivity index (χ1v) is 8.95. The molecule has 0 saturated carbocycles. The summed E-state index contributed by atoms with van der Waals surface area (Å²) >= 11 is 3.65. The molecule has 0 aliphatic heterocycles. The number of carbonyl (C=O) groups is 5. The van der Waals surface area contributed by atoms with Crippen molar-refractivity contribution in [1.82, 2.24) is 0 Å². The molecule has 0 bridgehead atoms. The molecule has 0 saturated heterocycles. The molecule has 0 aromatic carbocycles. The summed E-state index contributed by atoms with van der Waals surface area (Å²) in [6.45, 7) is 4.42. The van der Waals surface area contributed by atoms with Crippen LogP contribution < -0.4 is 28.7 Å². The lowest BCUT2D eigenvalue weighted by molar-refractivity contribution is -0.140. The van der Waals surface area contributed by atoms with Gasteiger partial charge in [0, 0.05) is 5.75 Å². The Labute approximate surface area is 185 Å². The number of carboxylic acid groups (broad SMARTS) is 5. The van der Waals surface area contributed by atoms with E-state index in [4.69, 9.17) is 42.7 Å². The van der Waals surface area contributed by atoms with Gasteiger partial charge in [0.25, 0.3) is 0 Å². The van der Waals surface area contributed by atoms with E-state index in [0.29, 0.717) is 0 Å². The van der Waals surface area contributed by atoms with Gasteiger partial charge in [-0.25, -0.2) is 0 Å². The van der Waals surface area contributed by atoms with Crippen LogP contribution in [0.2, 0.25) is 0 Å². The Kier molecular flexibility index (Phi) is 32.1. The first-order valence-electron chi connectivity index (χ1n) is 8.32. The van der Waals surface area contributed by atoms with Crippen LogP contribution in [-0.2, 0) is 24.0 Å². The lowest BCUT2D eigenvalue weighted by atomic mass is 10.1. The largest absolute Gasteiger partial charge is 0.480 e. The van der Waals surface area contributed by atoms with Gasteiger partial charge in [-0.2, -0.15) is 12.6 Å². The van der Waals surface area contributed by atoms with Crippen molar-refractivity contribution in [3.63, 3.8) is 0 Å². The summed E-state index contributed by atoms with van der Waals surface area (Å²) in [6, 6.07) is -2.26. The summed E-state index contributed by atoms with van der Waals surface area (Å²) < 4.78 is 0. The average Bonchev–Trinajstić information content (AvgIpc) is 2.67. The fourth-order valence-corrected chi connectivity index (χ4v) is 0.519. The number of hydrogen-bond donors (Lipinski definition) is 11. The second-order valence-corrected chi connectivity index (χ2v) is 5.92. The molecule has 186 valence electrons. The van der Waals surface area contributed by atoms with E-state index < -0.39 is 48.0 Å². The molecule has 3 atom stereocenters. The van der Waals surface area contributed by atoms with Gasteiger partial charge in [-0.15, -0.1) is 0 Å². The minimum absolute atomic E-state index is 0.0208. The van der Waals surface area contributed by atoms with Crippen LogP contribution in [0.5, 0.6) is 0 Å². The van der Waals surface area contributed by atoms with Crippen LogP contribution in [0.25, 0.3) is 0 Å². The van der Waals surface area contributed by atoms with Crippen LogP contribution in [-0.4, -0.2) is 92.3 Å². The van der Waals surface area contributed by atoms with E-state index in [2.05, 4.69) is 24.1 Å². The van der Waals surface area contributed by atoms with Gasteiger partial charge in [0.15, 0.2) is 0 Å². The molecule has 0 aromatic heterocycles. The average molecular weight is 478 g/mol. The zero-order valence-corrected chi connectivity index (χ0v) is 18.4. The van der Waals surface area contributed by atoms with Crippen molar-refractivity contribution >= 4 is 42.5 Å². The highest BCUT2D eigenvalue weighted by atomic mass is 32.1. The molecule has 15 N–H and O–H groups in total. The molecule has 0 radical (unpaired) electrons. The molecule has 0 unspecified atom stereocenters. The Balaban J connectivity index is -0.0000000920. The monoisotopic (exact) mass is 477 g/mol. The molecule has 0 aromatic rings. The van der Waals surface area contributed by atoms with Crippen molar-refractivity contribution in [3.05, 3.63) is 0 Å². The number of aliphatic carboxylic acids is 5. The molecule has 0 aliphatic rings. The minimum Gasteiger partial charge on any atom is -0.480 e. The van der Waals surface area contributed by atoms with Gasteiger partial charge in [0.2, 0.25) is 0 Å². The van der Waals surface area contributed by atoms with Gasteiger partial charge in [-0.1, -0.05) is 13.8 Å². The maximum atomic E-state index is 10.0. The third-order valence-corrected chi connectivity index (χ3v) is 2.65. The van der Waals surface area contributed by atoms with Crippen molar-refractivity contribution in [3.8, 4) is 0 Å². The smallest absolute Gasteiger partial charge is 0.321 e. The second kappa shape index (κ2) is 25.5. The summed E-state index contributed by atoms with van der Waals surface area (Å²) in [5.41, 5.74) is 24.1. The Morgan fingerprint density at radius 2 is 0.968 bits per heavy atom. The van der Waals surface area contributed by atoms with Crippen molar-refractivity contribution < 1.29 is 49.5 Å². The van der Waals surface area contributed by atoms with Crippen molar-refractivity contribution in [2.75, 3.05) is 18.8 Å². The summed E-state index contributed by atoms with van der Waals surface area (Å²) in [5, 5.41) is 39.3. The molecule has 0 fully saturated rings. The SMILES string of the molecule is CC(C)[C@H](N)C(=O)O.C[C@H](N)C(=O)O.NCC(=O)O.NCC(=O)O.N[C@@H](CS)C(=O)O. The van der Waals surface area contributed by atoms with E-state index in [1.54, 1.807) is 13.8 Å². The van der Waals surface area contributed by atoms with E-state index >= 15 is 0 Å². The lowest BCUT2D eigenvalue weighted by Gasteiger charge is -2.07.